The Morgan fingerprint density at radius 3 is 2.55 bits per heavy atom. The number of hydrogen-bond acceptors (Lipinski definition) is 3. The minimum atomic E-state index is -0.437. The van der Waals surface area contributed by atoms with Gasteiger partial charge in [0, 0.05) is 13.1 Å². The fraction of sp³-hybridized carbons (Fsp3) is 0.562. The van der Waals surface area contributed by atoms with Gasteiger partial charge >= 0.3 is 6.09 Å². The van der Waals surface area contributed by atoms with Gasteiger partial charge in [0.1, 0.15) is 5.60 Å². The van der Waals surface area contributed by atoms with Gasteiger partial charge < -0.3 is 15.4 Å². The maximum absolute atomic E-state index is 11.4. The van der Waals surface area contributed by atoms with Gasteiger partial charge in [0.05, 0.1) is 0 Å². The van der Waals surface area contributed by atoms with Crippen LogP contribution >= 0.6 is 0 Å². The van der Waals surface area contributed by atoms with Crippen molar-refractivity contribution in [3.8, 4) is 0 Å². The highest BCUT2D eigenvalue weighted by Gasteiger charge is 2.15. The molecule has 0 bridgehead atoms. The van der Waals surface area contributed by atoms with Crippen LogP contribution in [0.15, 0.2) is 24.3 Å². The van der Waals surface area contributed by atoms with Crippen LogP contribution in [0.5, 0.6) is 0 Å². The van der Waals surface area contributed by atoms with Crippen LogP contribution in [0, 0.1) is 6.92 Å². The van der Waals surface area contributed by atoms with E-state index < -0.39 is 5.60 Å². The molecule has 2 N–H and O–H groups in total. The molecule has 1 aromatic carbocycles. The zero-order chi connectivity index (χ0) is 15.0. The molecule has 1 amide bonds. The summed E-state index contributed by atoms with van der Waals surface area (Å²) in [6, 6.07) is 8.33. The first-order valence-corrected chi connectivity index (χ1v) is 7.10. The second kappa shape index (κ2) is 7.90. The molecule has 0 radical (unpaired) electrons. The number of rotatable bonds is 6. The number of ether oxygens (including phenoxy) is 1. The number of benzene rings is 1. The Hall–Kier alpha value is -1.55. The third-order valence-electron chi connectivity index (χ3n) is 2.78. The van der Waals surface area contributed by atoms with Crippen molar-refractivity contribution in [2.24, 2.45) is 0 Å². The Labute approximate surface area is 121 Å². The minimum absolute atomic E-state index is 0.351. The van der Waals surface area contributed by atoms with Gasteiger partial charge in [0.15, 0.2) is 0 Å². The van der Waals surface area contributed by atoms with Crippen LogP contribution in [0.25, 0.3) is 0 Å². The third kappa shape index (κ3) is 7.14. The molecule has 0 heterocycles. The molecule has 0 unspecified atom stereocenters. The lowest BCUT2D eigenvalue weighted by atomic mass is 10.1. The van der Waals surface area contributed by atoms with Crippen molar-refractivity contribution in [1.82, 2.24) is 10.6 Å². The number of carbonyl (C=O) groups excluding carboxylic acids is 1. The molecule has 20 heavy (non-hydrogen) atoms. The normalized spacial score (nSPS) is 11.2. The van der Waals surface area contributed by atoms with Gasteiger partial charge in [-0.2, -0.15) is 0 Å². The largest absolute Gasteiger partial charge is 0.444 e. The average molecular weight is 278 g/mol. The van der Waals surface area contributed by atoms with Gasteiger partial charge in [0.2, 0.25) is 0 Å². The van der Waals surface area contributed by atoms with E-state index in [1.165, 1.54) is 11.1 Å². The van der Waals surface area contributed by atoms with Crippen molar-refractivity contribution < 1.29 is 9.53 Å². The molecule has 0 aliphatic heterocycles. The summed E-state index contributed by atoms with van der Waals surface area (Å²) in [5.74, 6) is 0. The van der Waals surface area contributed by atoms with Crippen molar-refractivity contribution in [1.29, 1.82) is 0 Å². The summed E-state index contributed by atoms with van der Waals surface area (Å²) in [5, 5.41) is 6.12. The quantitative estimate of drug-likeness (QED) is 0.786. The highest BCUT2D eigenvalue weighted by atomic mass is 16.6. The Kier molecular flexibility index (Phi) is 6.52. The standard InChI is InChI=1S/C16H26N2O2/c1-13-8-5-6-9-14(13)12-17-10-7-11-18-15(19)20-16(2,3)4/h5-6,8-9,17H,7,10-12H2,1-4H3,(H,18,19). The first-order valence-electron chi connectivity index (χ1n) is 7.10. The van der Waals surface area contributed by atoms with E-state index >= 15 is 0 Å². The summed E-state index contributed by atoms with van der Waals surface area (Å²) in [4.78, 5) is 11.4. The van der Waals surface area contributed by atoms with E-state index in [0.29, 0.717) is 6.54 Å². The minimum Gasteiger partial charge on any atom is -0.444 e. The molecule has 112 valence electrons. The topological polar surface area (TPSA) is 50.4 Å². The summed E-state index contributed by atoms with van der Waals surface area (Å²) >= 11 is 0. The molecule has 1 aromatic rings. The fourth-order valence-corrected chi connectivity index (χ4v) is 1.75. The van der Waals surface area contributed by atoms with Crippen LogP contribution < -0.4 is 10.6 Å². The lowest BCUT2D eigenvalue weighted by Crippen LogP contribution is -2.33. The maximum Gasteiger partial charge on any atom is 0.407 e. The zero-order valence-corrected chi connectivity index (χ0v) is 13.0. The monoisotopic (exact) mass is 278 g/mol. The van der Waals surface area contributed by atoms with E-state index in [4.69, 9.17) is 4.74 Å². The molecule has 0 aliphatic carbocycles. The average Bonchev–Trinajstić information content (AvgIpc) is 2.33. The highest BCUT2D eigenvalue weighted by Crippen LogP contribution is 2.07. The van der Waals surface area contributed by atoms with Crippen molar-refractivity contribution in [2.45, 2.75) is 46.3 Å². The second-order valence-electron chi connectivity index (χ2n) is 5.89. The summed E-state index contributed by atoms with van der Waals surface area (Å²) < 4.78 is 5.16. The zero-order valence-electron chi connectivity index (χ0n) is 13.0. The molecular formula is C16H26N2O2. The van der Waals surface area contributed by atoms with Crippen LogP contribution in [0.4, 0.5) is 4.79 Å². The lowest BCUT2D eigenvalue weighted by molar-refractivity contribution is 0.0527. The van der Waals surface area contributed by atoms with Gasteiger partial charge in [-0.25, -0.2) is 4.79 Å². The van der Waals surface area contributed by atoms with Gasteiger partial charge in [0.25, 0.3) is 0 Å². The Bertz CT molecular complexity index is 425. The Morgan fingerprint density at radius 2 is 1.90 bits per heavy atom. The molecule has 4 heteroatoms. The smallest absolute Gasteiger partial charge is 0.407 e. The summed E-state index contributed by atoms with van der Waals surface area (Å²) in [6.45, 7) is 10.0. The molecule has 0 aliphatic rings. The molecule has 4 nitrogen and oxygen atoms in total. The van der Waals surface area contributed by atoms with Crippen molar-refractivity contribution in [2.75, 3.05) is 13.1 Å². The van der Waals surface area contributed by atoms with E-state index in [0.717, 1.165) is 19.5 Å². The van der Waals surface area contributed by atoms with Gasteiger partial charge in [-0.3, -0.25) is 0 Å². The van der Waals surface area contributed by atoms with Crippen molar-refractivity contribution >= 4 is 6.09 Å². The van der Waals surface area contributed by atoms with E-state index in [-0.39, 0.29) is 6.09 Å². The maximum atomic E-state index is 11.4. The number of carbonyl (C=O) groups is 1. The van der Waals surface area contributed by atoms with Crippen molar-refractivity contribution in [3.63, 3.8) is 0 Å². The van der Waals surface area contributed by atoms with Crippen LogP contribution in [-0.2, 0) is 11.3 Å². The van der Waals surface area contributed by atoms with Gasteiger partial charge in [-0.15, -0.1) is 0 Å². The molecule has 0 aromatic heterocycles. The SMILES string of the molecule is Cc1ccccc1CNCCCNC(=O)OC(C)(C)C. The van der Waals surface area contributed by atoms with E-state index in [2.05, 4.69) is 29.7 Å². The molecule has 0 spiro atoms. The summed E-state index contributed by atoms with van der Waals surface area (Å²) in [7, 11) is 0. The van der Waals surface area contributed by atoms with Gasteiger partial charge in [-0.1, -0.05) is 24.3 Å². The molecule has 0 saturated carbocycles. The van der Waals surface area contributed by atoms with Crippen LogP contribution in [0.3, 0.4) is 0 Å². The number of hydrogen-bond donors (Lipinski definition) is 2. The number of nitrogens with one attached hydrogen (secondary N) is 2. The van der Waals surface area contributed by atoms with Crippen LogP contribution in [0.2, 0.25) is 0 Å². The predicted molar refractivity (Wildman–Crippen MR) is 81.7 cm³/mol. The summed E-state index contributed by atoms with van der Waals surface area (Å²) in [5.41, 5.74) is 2.17. The number of alkyl carbamates (subject to hydrolysis) is 1. The first-order chi connectivity index (χ1) is 9.38. The van der Waals surface area contributed by atoms with Crippen LogP contribution in [0.1, 0.15) is 38.3 Å². The first kappa shape index (κ1) is 16.5. The molecule has 0 atom stereocenters. The molecular weight excluding hydrogens is 252 g/mol. The van der Waals surface area contributed by atoms with E-state index in [9.17, 15) is 4.79 Å². The molecule has 0 saturated heterocycles. The predicted octanol–water partition coefficient (Wildman–Crippen LogP) is 3.00. The number of amides is 1. The van der Waals surface area contributed by atoms with Crippen LogP contribution in [-0.4, -0.2) is 24.8 Å². The Morgan fingerprint density at radius 1 is 1.20 bits per heavy atom. The van der Waals surface area contributed by atoms with E-state index in [1.807, 2.05) is 32.9 Å². The lowest BCUT2D eigenvalue weighted by Gasteiger charge is -2.19. The highest BCUT2D eigenvalue weighted by molar-refractivity contribution is 5.67. The second-order valence-corrected chi connectivity index (χ2v) is 5.89. The van der Waals surface area contributed by atoms with E-state index in [1.54, 1.807) is 0 Å². The fourth-order valence-electron chi connectivity index (χ4n) is 1.75. The van der Waals surface area contributed by atoms with Crippen molar-refractivity contribution in [3.05, 3.63) is 35.4 Å². The molecule has 0 fully saturated rings. The van der Waals surface area contributed by atoms with Gasteiger partial charge in [-0.05, 0) is 51.8 Å². The Balaban J connectivity index is 2.08. The summed E-state index contributed by atoms with van der Waals surface area (Å²) in [6.07, 6.45) is 0.530. The molecule has 1 rings (SSSR count). The number of aryl methyl sites for hydroxylation is 1. The third-order valence-corrected chi connectivity index (χ3v) is 2.78.